The Morgan fingerprint density at radius 1 is 1.33 bits per heavy atom. The monoisotopic (exact) mass is 521 g/mol. The third kappa shape index (κ3) is 6.15. The lowest BCUT2D eigenvalue weighted by Crippen LogP contribution is -2.25. The zero-order valence-corrected chi connectivity index (χ0v) is 19.8. The van der Waals surface area contributed by atoms with Crippen LogP contribution in [0.3, 0.4) is 0 Å². The van der Waals surface area contributed by atoms with Crippen molar-refractivity contribution in [2.75, 3.05) is 27.9 Å². The minimum atomic E-state index is -0.672. The van der Waals surface area contributed by atoms with E-state index >= 15 is 0 Å². The quantitative estimate of drug-likeness (QED) is 0.281. The number of nitriles is 1. The Hall–Kier alpha value is -3.76. The van der Waals surface area contributed by atoms with Crippen LogP contribution in [0.5, 0.6) is 17.4 Å². The molecule has 33 heavy (non-hydrogen) atoms. The highest BCUT2D eigenvalue weighted by Gasteiger charge is 2.20. The molecule has 0 fully saturated rings. The van der Waals surface area contributed by atoms with Gasteiger partial charge >= 0.3 is 0 Å². The number of carbonyl (C=O) groups is 1. The summed E-state index contributed by atoms with van der Waals surface area (Å²) in [6.45, 7) is 1.35. The van der Waals surface area contributed by atoms with Crippen LogP contribution in [-0.4, -0.2) is 50.0 Å². The molecule has 12 nitrogen and oxygen atoms in total. The highest BCUT2D eigenvalue weighted by atomic mass is 79.9. The van der Waals surface area contributed by atoms with E-state index in [1.54, 1.807) is 6.92 Å². The molecule has 0 radical (unpaired) electrons. The molecule has 0 bridgehead atoms. The number of aryl methyl sites for hydroxylation is 1. The molecule has 13 heteroatoms. The number of hydrazone groups is 1. The minimum Gasteiger partial charge on any atom is -0.493 e. The van der Waals surface area contributed by atoms with Crippen LogP contribution in [0.1, 0.15) is 22.4 Å². The standard InChI is InChI=1S/C20H20BrN5O7/c1-11-19(21)14(9-30-2)13(7-22)20(24-11)33-10-18(27)25-23-8-12-5-16(31-3)17(32-4)6-15(12)26(28)29/h5-6,8H,9-10H2,1-4H3,(H,25,27)/b23-8+. The van der Waals surface area contributed by atoms with Gasteiger partial charge in [0.2, 0.25) is 5.88 Å². The Bertz CT molecular complexity index is 1130. The number of aromatic nitrogens is 1. The van der Waals surface area contributed by atoms with Crippen molar-refractivity contribution >= 4 is 33.7 Å². The number of hydrogen-bond acceptors (Lipinski definition) is 10. The van der Waals surface area contributed by atoms with Gasteiger partial charge in [-0.1, -0.05) is 0 Å². The molecule has 174 valence electrons. The van der Waals surface area contributed by atoms with Gasteiger partial charge in [0.05, 0.1) is 49.3 Å². The van der Waals surface area contributed by atoms with Crippen molar-refractivity contribution in [3.63, 3.8) is 0 Å². The third-order valence-corrected chi connectivity index (χ3v) is 5.28. The normalized spacial score (nSPS) is 10.5. The van der Waals surface area contributed by atoms with Gasteiger partial charge in [-0.05, 0) is 28.9 Å². The number of nitro groups is 1. The molecule has 2 aromatic rings. The van der Waals surface area contributed by atoms with Crippen molar-refractivity contribution in [2.45, 2.75) is 13.5 Å². The topological polar surface area (TPSA) is 158 Å². The van der Waals surface area contributed by atoms with Crippen LogP contribution in [0.25, 0.3) is 0 Å². The fourth-order valence-corrected chi connectivity index (χ4v) is 3.10. The number of rotatable bonds is 10. The lowest BCUT2D eigenvalue weighted by molar-refractivity contribution is -0.385. The molecule has 0 aliphatic rings. The molecule has 1 N–H and O–H groups in total. The second-order valence-corrected chi connectivity index (χ2v) is 7.11. The van der Waals surface area contributed by atoms with Gasteiger partial charge in [0.15, 0.2) is 18.1 Å². The van der Waals surface area contributed by atoms with Crippen LogP contribution in [0.15, 0.2) is 21.7 Å². The summed E-state index contributed by atoms with van der Waals surface area (Å²) in [5.74, 6) is -0.266. The number of ether oxygens (including phenoxy) is 4. The van der Waals surface area contributed by atoms with E-state index in [1.165, 1.54) is 33.5 Å². The van der Waals surface area contributed by atoms with Crippen molar-refractivity contribution in [2.24, 2.45) is 5.10 Å². The summed E-state index contributed by atoms with van der Waals surface area (Å²) < 4.78 is 21.3. The highest BCUT2D eigenvalue weighted by molar-refractivity contribution is 9.10. The van der Waals surface area contributed by atoms with Gasteiger partial charge in [-0.2, -0.15) is 10.4 Å². The molecule has 0 aliphatic carbocycles. The number of nitrogens with zero attached hydrogens (tertiary/aromatic N) is 4. The van der Waals surface area contributed by atoms with Crippen LogP contribution in [-0.2, 0) is 16.1 Å². The first kappa shape index (κ1) is 25.5. The molecular formula is C20H20BrN5O7. The van der Waals surface area contributed by atoms with E-state index in [0.29, 0.717) is 15.7 Å². The molecule has 0 atom stereocenters. The van der Waals surface area contributed by atoms with Gasteiger partial charge < -0.3 is 18.9 Å². The summed E-state index contributed by atoms with van der Waals surface area (Å²) in [5, 5.41) is 24.5. The second kappa shape index (κ2) is 11.7. The highest BCUT2D eigenvalue weighted by Crippen LogP contribution is 2.33. The molecule has 0 saturated heterocycles. The Balaban J connectivity index is 2.15. The average molecular weight is 522 g/mol. The third-order valence-electron chi connectivity index (χ3n) is 4.23. The maximum absolute atomic E-state index is 12.1. The molecular weight excluding hydrogens is 502 g/mol. The van der Waals surface area contributed by atoms with Gasteiger partial charge in [0, 0.05) is 17.1 Å². The second-order valence-electron chi connectivity index (χ2n) is 6.32. The molecule has 1 amide bonds. The maximum Gasteiger partial charge on any atom is 0.282 e. The van der Waals surface area contributed by atoms with Gasteiger partial charge in [-0.15, -0.1) is 0 Å². The summed E-state index contributed by atoms with van der Waals surface area (Å²) in [4.78, 5) is 27.0. The summed E-state index contributed by atoms with van der Waals surface area (Å²) in [6.07, 6.45) is 1.09. The summed E-state index contributed by atoms with van der Waals surface area (Å²) in [5.41, 5.74) is 3.22. The number of nitro benzene ring substituents is 1. The zero-order chi connectivity index (χ0) is 24.5. The lowest BCUT2D eigenvalue weighted by Gasteiger charge is -2.13. The van der Waals surface area contributed by atoms with E-state index in [4.69, 9.17) is 18.9 Å². The van der Waals surface area contributed by atoms with E-state index in [2.05, 4.69) is 31.4 Å². The Morgan fingerprint density at radius 3 is 2.58 bits per heavy atom. The largest absolute Gasteiger partial charge is 0.493 e. The number of methoxy groups -OCH3 is 3. The fraction of sp³-hybridized carbons (Fsp3) is 0.300. The minimum absolute atomic E-state index is 0.0279. The molecule has 0 spiro atoms. The van der Waals surface area contributed by atoms with Crippen molar-refractivity contribution in [3.05, 3.63) is 49.1 Å². The predicted octanol–water partition coefficient (Wildman–Crippen LogP) is 2.63. The number of pyridine rings is 1. The fourth-order valence-electron chi connectivity index (χ4n) is 2.70. The van der Waals surface area contributed by atoms with Crippen molar-refractivity contribution in [3.8, 4) is 23.4 Å². The molecule has 0 aliphatic heterocycles. The van der Waals surface area contributed by atoms with Gasteiger partial charge in [0.25, 0.3) is 11.6 Å². The van der Waals surface area contributed by atoms with Crippen LogP contribution >= 0.6 is 15.9 Å². The first-order valence-electron chi connectivity index (χ1n) is 9.20. The van der Waals surface area contributed by atoms with Crippen molar-refractivity contribution < 1.29 is 28.7 Å². The first-order valence-corrected chi connectivity index (χ1v) is 9.99. The number of carbonyl (C=O) groups excluding carboxylic acids is 1. The molecule has 1 aromatic carbocycles. The predicted molar refractivity (Wildman–Crippen MR) is 120 cm³/mol. The summed E-state index contributed by atoms with van der Waals surface area (Å²) in [6, 6.07) is 4.54. The Labute approximate surface area is 197 Å². The van der Waals surface area contributed by atoms with Crippen molar-refractivity contribution in [1.82, 2.24) is 10.4 Å². The van der Waals surface area contributed by atoms with Gasteiger partial charge in [-0.3, -0.25) is 14.9 Å². The van der Waals surface area contributed by atoms with Crippen LogP contribution in [0.4, 0.5) is 5.69 Å². The Morgan fingerprint density at radius 2 is 2.00 bits per heavy atom. The molecule has 0 unspecified atom stereocenters. The smallest absolute Gasteiger partial charge is 0.282 e. The van der Waals surface area contributed by atoms with E-state index < -0.39 is 17.4 Å². The summed E-state index contributed by atoms with van der Waals surface area (Å²) >= 11 is 3.37. The van der Waals surface area contributed by atoms with Crippen LogP contribution < -0.4 is 19.6 Å². The summed E-state index contributed by atoms with van der Waals surface area (Å²) in [7, 11) is 4.22. The number of benzene rings is 1. The van der Waals surface area contributed by atoms with Crippen LogP contribution in [0, 0.1) is 28.4 Å². The van der Waals surface area contributed by atoms with E-state index in [0.717, 1.165) is 6.21 Å². The van der Waals surface area contributed by atoms with Crippen LogP contribution in [0.2, 0.25) is 0 Å². The molecule has 0 saturated carbocycles. The Kier molecular flexibility index (Phi) is 9.08. The maximum atomic E-state index is 12.1. The van der Waals surface area contributed by atoms with E-state index in [9.17, 15) is 20.2 Å². The van der Waals surface area contributed by atoms with Gasteiger partial charge in [-0.25, -0.2) is 10.4 Å². The first-order chi connectivity index (χ1) is 15.8. The number of hydrogen-bond donors (Lipinski definition) is 1. The molecule has 1 aromatic heterocycles. The number of nitrogens with one attached hydrogen (secondary N) is 1. The number of amides is 1. The molecule has 2 rings (SSSR count). The zero-order valence-electron chi connectivity index (χ0n) is 18.2. The SMILES string of the molecule is COCc1c(Br)c(C)nc(OCC(=O)N/N=C/c2cc(OC)c(OC)cc2[N+](=O)[O-])c1C#N. The van der Waals surface area contributed by atoms with E-state index in [1.807, 2.05) is 6.07 Å². The van der Waals surface area contributed by atoms with E-state index in [-0.39, 0.29) is 40.8 Å². The average Bonchev–Trinajstić information content (AvgIpc) is 2.80. The van der Waals surface area contributed by atoms with Gasteiger partial charge in [0.1, 0.15) is 11.6 Å². The van der Waals surface area contributed by atoms with Crippen molar-refractivity contribution in [1.29, 1.82) is 5.26 Å². The molecule has 1 heterocycles. The number of halogens is 1. The lowest BCUT2D eigenvalue weighted by atomic mass is 10.1.